The first-order valence-corrected chi connectivity index (χ1v) is 12.7. The van der Waals surface area contributed by atoms with Gasteiger partial charge in [-0.3, -0.25) is 9.59 Å². The Kier molecular flexibility index (Phi) is 5.79. The van der Waals surface area contributed by atoms with E-state index in [9.17, 15) is 9.59 Å². The molecule has 0 aromatic carbocycles. The smallest absolute Gasteiger partial charge is 0.136 e. The fraction of sp³-hybridized carbons (Fsp3) is 0.926. The second-order valence-electron chi connectivity index (χ2n) is 12.4. The van der Waals surface area contributed by atoms with Gasteiger partial charge in [0.15, 0.2) is 0 Å². The first-order chi connectivity index (χ1) is 13.7. The third-order valence-corrected chi connectivity index (χ3v) is 10.5. The maximum atomic E-state index is 13.4. The molecule has 0 saturated heterocycles. The molecule has 8 atom stereocenters. The summed E-state index contributed by atoms with van der Waals surface area (Å²) in [5, 5.41) is 0. The Balaban J connectivity index is 1.52. The highest BCUT2D eigenvalue weighted by Gasteiger charge is 2.62. The van der Waals surface area contributed by atoms with Crippen LogP contribution < -0.4 is 0 Å². The SMILES string of the molecule is CC(C)CCC[C@H](C)[C@@H]1CC[C@H]2[C@H]3C(=O)C[C@H]4CC(=O)CC[C@]4(C)[C@@H]3CC[C@@]21C. The van der Waals surface area contributed by atoms with Crippen LogP contribution in [-0.4, -0.2) is 11.6 Å². The number of fused-ring (bicyclic) bond motifs is 5. The van der Waals surface area contributed by atoms with E-state index in [0.29, 0.717) is 47.6 Å². The molecule has 0 aromatic heterocycles. The summed E-state index contributed by atoms with van der Waals surface area (Å²) >= 11 is 0. The zero-order valence-corrected chi connectivity index (χ0v) is 19.6. The number of hydrogen-bond acceptors (Lipinski definition) is 2. The van der Waals surface area contributed by atoms with Crippen molar-refractivity contribution in [2.75, 3.05) is 0 Å². The van der Waals surface area contributed by atoms with Gasteiger partial charge in [-0.05, 0) is 78.4 Å². The second-order valence-corrected chi connectivity index (χ2v) is 12.4. The fourth-order valence-corrected chi connectivity index (χ4v) is 8.75. The molecule has 0 bridgehead atoms. The Morgan fingerprint density at radius 3 is 2.34 bits per heavy atom. The van der Waals surface area contributed by atoms with Gasteiger partial charge in [-0.25, -0.2) is 0 Å². The summed E-state index contributed by atoms with van der Waals surface area (Å²) in [6, 6.07) is 0. The Morgan fingerprint density at radius 2 is 1.62 bits per heavy atom. The van der Waals surface area contributed by atoms with E-state index in [1.165, 1.54) is 44.9 Å². The summed E-state index contributed by atoms with van der Waals surface area (Å²) in [6.45, 7) is 12.2. The van der Waals surface area contributed by atoms with E-state index in [2.05, 4.69) is 34.6 Å². The molecule has 4 saturated carbocycles. The minimum atomic E-state index is 0.231. The van der Waals surface area contributed by atoms with Crippen LogP contribution in [0.5, 0.6) is 0 Å². The van der Waals surface area contributed by atoms with E-state index < -0.39 is 0 Å². The lowest BCUT2D eigenvalue weighted by molar-refractivity contribution is -0.159. The maximum absolute atomic E-state index is 13.4. The summed E-state index contributed by atoms with van der Waals surface area (Å²) in [4.78, 5) is 25.5. The molecule has 2 nitrogen and oxygen atoms in total. The average Bonchev–Trinajstić information content (AvgIpc) is 3.00. The van der Waals surface area contributed by atoms with Gasteiger partial charge in [0.2, 0.25) is 0 Å². The molecule has 0 aliphatic heterocycles. The van der Waals surface area contributed by atoms with Crippen molar-refractivity contribution >= 4 is 11.6 Å². The predicted molar refractivity (Wildman–Crippen MR) is 118 cm³/mol. The van der Waals surface area contributed by atoms with Crippen LogP contribution in [0, 0.1) is 52.3 Å². The number of Topliss-reactive ketones (excluding diaryl/α,β-unsaturated/α-hetero) is 2. The minimum Gasteiger partial charge on any atom is -0.300 e. The van der Waals surface area contributed by atoms with Crippen molar-refractivity contribution in [3.63, 3.8) is 0 Å². The fourth-order valence-electron chi connectivity index (χ4n) is 8.75. The van der Waals surface area contributed by atoms with Crippen LogP contribution in [-0.2, 0) is 9.59 Å². The highest BCUT2D eigenvalue weighted by molar-refractivity contribution is 5.86. The molecule has 0 amide bonds. The molecule has 2 heteroatoms. The van der Waals surface area contributed by atoms with Gasteiger partial charge in [0.1, 0.15) is 11.6 Å². The Hall–Kier alpha value is -0.660. The van der Waals surface area contributed by atoms with E-state index in [1.54, 1.807) is 0 Å². The third kappa shape index (κ3) is 3.55. The van der Waals surface area contributed by atoms with Crippen LogP contribution in [0.15, 0.2) is 0 Å². The molecule has 0 unspecified atom stereocenters. The highest BCUT2D eigenvalue weighted by Crippen LogP contribution is 2.67. The molecule has 4 rings (SSSR count). The van der Waals surface area contributed by atoms with Gasteiger partial charge in [-0.15, -0.1) is 0 Å². The predicted octanol–water partition coefficient (Wildman–Crippen LogP) is 6.86. The number of hydrogen-bond donors (Lipinski definition) is 0. The second kappa shape index (κ2) is 7.79. The standard InChI is InChI=1S/C27H44O2/c1-17(2)7-6-8-18(3)21-9-10-22-25-23(12-14-27(21,22)5)26(4)13-11-20(28)15-19(26)16-24(25)29/h17-19,21-23,25H,6-16H2,1-5H3/t18-,19+,21-,22-,23+,25+,26-,27+/m0/s1. The lowest BCUT2D eigenvalue weighted by Gasteiger charge is -2.59. The maximum Gasteiger partial charge on any atom is 0.136 e. The third-order valence-electron chi connectivity index (χ3n) is 10.5. The van der Waals surface area contributed by atoms with Gasteiger partial charge in [0, 0.05) is 25.2 Å². The Bertz CT molecular complexity index is 651. The number of carbonyl (C=O) groups is 2. The number of ketones is 2. The Labute approximate surface area is 179 Å². The molecule has 0 aromatic rings. The van der Waals surface area contributed by atoms with Crippen molar-refractivity contribution in [1.82, 2.24) is 0 Å². The van der Waals surface area contributed by atoms with E-state index in [-0.39, 0.29) is 11.3 Å². The molecule has 0 N–H and O–H groups in total. The summed E-state index contributed by atoms with van der Waals surface area (Å²) < 4.78 is 0. The summed E-state index contributed by atoms with van der Waals surface area (Å²) in [6.07, 6.45) is 12.3. The monoisotopic (exact) mass is 400 g/mol. The number of rotatable bonds is 5. The van der Waals surface area contributed by atoms with Crippen LogP contribution in [0.3, 0.4) is 0 Å². The van der Waals surface area contributed by atoms with E-state index in [4.69, 9.17) is 0 Å². The lowest BCUT2D eigenvalue weighted by Crippen LogP contribution is -2.57. The molecule has 0 spiro atoms. The topological polar surface area (TPSA) is 34.1 Å². The van der Waals surface area contributed by atoms with Gasteiger partial charge in [-0.2, -0.15) is 0 Å². The van der Waals surface area contributed by atoms with Gasteiger partial charge >= 0.3 is 0 Å². The first-order valence-electron chi connectivity index (χ1n) is 12.7. The Morgan fingerprint density at radius 1 is 0.897 bits per heavy atom. The zero-order valence-electron chi connectivity index (χ0n) is 19.6. The van der Waals surface area contributed by atoms with Crippen LogP contribution >= 0.6 is 0 Å². The molecule has 4 aliphatic carbocycles. The summed E-state index contributed by atoms with van der Waals surface area (Å²) in [7, 11) is 0. The first kappa shape index (κ1) is 21.6. The van der Waals surface area contributed by atoms with Crippen LogP contribution in [0.1, 0.15) is 105 Å². The molecular formula is C27H44O2. The molecule has 4 aliphatic rings. The van der Waals surface area contributed by atoms with Crippen LogP contribution in [0.25, 0.3) is 0 Å². The quantitative estimate of drug-likeness (QED) is 0.505. The average molecular weight is 401 g/mol. The van der Waals surface area contributed by atoms with Gasteiger partial charge in [0.05, 0.1) is 0 Å². The minimum absolute atomic E-state index is 0.231. The normalized spacial score (nSPS) is 45.7. The van der Waals surface area contributed by atoms with E-state index in [0.717, 1.165) is 30.6 Å². The van der Waals surface area contributed by atoms with Crippen LogP contribution in [0.2, 0.25) is 0 Å². The summed E-state index contributed by atoms with van der Waals surface area (Å²) in [5.41, 5.74) is 0.594. The molecule has 0 heterocycles. The highest BCUT2D eigenvalue weighted by atomic mass is 16.1. The largest absolute Gasteiger partial charge is 0.300 e. The molecule has 29 heavy (non-hydrogen) atoms. The van der Waals surface area contributed by atoms with Crippen molar-refractivity contribution in [2.45, 2.75) is 105 Å². The van der Waals surface area contributed by atoms with Crippen LogP contribution in [0.4, 0.5) is 0 Å². The zero-order chi connectivity index (χ0) is 21.0. The van der Waals surface area contributed by atoms with Crippen molar-refractivity contribution in [3.05, 3.63) is 0 Å². The number of carbonyl (C=O) groups excluding carboxylic acids is 2. The lowest BCUT2D eigenvalue weighted by atomic mass is 9.44. The van der Waals surface area contributed by atoms with Crippen molar-refractivity contribution < 1.29 is 9.59 Å². The summed E-state index contributed by atoms with van der Waals surface area (Å²) in [5.74, 6) is 5.07. The molecule has 0 radical (unpaired) electrons. The van der Waals surface area contributed by atoms with E-state index >= 15 is 0 Å². The molecule has 4 fully saturated rings. The molecule has 164 valence electrons. The van der Waals surface area contributed by atoms with Gasteiger partial charge in [-0.1, -0.05) is 53.9 Å². The van der Waals surface area contributed by atoms with Gasteiger partial charge < -0.3 is 0 Å². The molecular weight excluding hydrogens is 356 g/mol. The van der Waals surface area contributed by atoms with Crippen molar-refractivity contribution in [1.29, 1.82) is 0 Å². The van der Waals surface area contributed by atoms with Crippen molar-refractivity contribution in [3.8, 4) is 0 Å². The van der Waals surface area contributed by atoms with Crippen molar-refractivity contribution in [2.24, 2.45) is 52.3 Å². The van der Waals surface area contributed by atoms with Gasteiger partial charge in [0.25, 0.3) is 0 Å². The van der Waals surface area contributed by atoms with E-state index in [1.807, 2.05) is 0 Å².